The molecule has 0 spiro atoms. The molecular weight excluding hydrogens is 322 g/mol. The third kappa shape index (κ3) is 3.25. The van der Waals surface area contributed by atoms with Gasteiger partial charge >= 0.3 is 0 Å². The first-order valence-corrected chi connectivity index (χ1v) is 7.18. The summed E-state index contributed by atoms with van der Waals surface area (Å²) in [6.45, 7) is 2.83. The van der Waals surface area contributed by atoms with Crippen molar-refractivity contribution in [3.8, 4) is 5.75 Å². The van der Waals surface area contributed by atoms with E-state index in [4.69, 9.17) is 4.74 Å². The van der Waals surface area contributed by atoms with Gasteiger partial charge in [-0.25, -0.2) is 9.67 Å². The van der Waals surface area contributed by atoms with E-state index in [1.165, 1.54) is 6.33 Å². The molecule has 5 nitrogen and oxygen atoms in total. The van der Waals surface area contributed by atoms with Crippen LogP contribution in [0.3, 0.4) is 0 Å². The Labute approximate surface area is 126 Å². The zero-order valence-corrected chi connectivity index (χ0v) is 13.1. The maximum absolute atomic E-state index is 12.4. The number of Topliss-reactive ketones (excluding diaryl/α,β-unsaturated/α-hetero) is 1. The molecule has 1 aromatic heterocycles. The number of carbonyl (C=O) groups excluding carboxylic acids is 1. The molecular formula is C14H16BrN3O2. The van der Waals surface area contributed by atoms with Gasteiger partial charge in [-0.05, 0) is 24.6 Å². The van der Waals surface area contributed by atoms with Gasteiger partial charge in [0.25, 0.3) is 0 Å². The quantitative estimate of drug-likeness (QED) is 0.760. The molecule has 1 aromatic carbocycles. The lowest BCUT2D eigenvalue weighted by Crippen LogP contribution is -2.12. The normalized spacial score (nSPS) is 10.6. The van der Waals surface area contributed by atoms with E-state index >= 15 is 0 Å². The fourth-order valence-electron chi connectivity index (χ4n) is 1.91. The van der Waals surface area contributed by atoms with Crippen LogP contribution < -0.4 is 4.74 Å². The molecule has 1 heterocycles. The van der Waals surface area contributed by atoms with Crippen molar-refractivity contribution in [3.63, 3.8) is 0 Å². The zero-order valence-electron chi connectivity index (χ0n) is 11.5. The van der Waals surface area contributed by atoms with Crippen LogP contribution in [0.2, 0.25) is 0 Å². The summed E-state index contributed by atoms with van der Waals surface area (Å²) in [6.07, 6.45) is 2.66. The fourth-order valence-corrected chi connectivity index (χ4v) is 2.38. The number of carbonyl (C=O) groups is 1. The van der Waals surface area contributed by atoms with Gasteiger partial charge in [0.1, 0.15) is 17.9 Å². The molecule has 106 valence electrons. The van der Waals surface area contributed by atoms with Gasteiger partial charge in [0.05, 0.1) is 13.5 Å². The lowest BCUT2D eigenvalue weighted by Gasteiger charge is -2.07. The minimum atomic E-state index is -0.0128. The summed E-state index contributed by atoms with van der Waals surface area (Å²) in [5, 5.41) is 4.13. The smallest absolute Gasteiger partial charge is 0.171 e. The van der Waals surface area contributed by atoms with E-state index in [-0.39, 0.29) is 12.2 Å². The number of nitrogens with zero attached hydrogens (tertiary/aromatic N) is 3. The number of hydrogen-bond donors (Lipinski definition) is 0. The molecule has 2 rings (SSSR count). The van der Waals surface area contributed by atoms with Crippen molar-refractivity contribution in [1.29, 1.82) is 0 Å². The van der Waals surface area contributed by atoms with Crippen LogP contribution in [0.15, 0.2) is 29.0 Å². The highest BCUT2D eigenvalue weighted by Crippen LogP contribution is 2.23. The van der Waals surface area contributed by atoms with Crippen LogP contribution in [-0.4, -0.2) is 27.7 Å². The van der Waals surface area contributed by atoms with Crippen molar-refractivity contribution >= 4 is 21.7 Å². The predicted octanol–water partition coefficient (Wildman–Crippen LogP) is 2.88. The van der Waals surface area contributed by atoms with E-state index in [1.807, 2.05) is 6.07 Å². The predicted molar refractivity (Wildman–Crippen MR) is 79.0 cm³/mol. The molecule has 0 fully saturated rings. The summed E-state index contributed by atoms with van der Waals surface area (Å²) in [6, 6.07) is 5.34. The average molecular weight is 338 g/mol. The van der Waals surface area contributed by atoms with Gasteiger partial charge in [-0.3, -0.25) is 4.79 Å². The highest BCUT2D eigenvalue weighted by Gasteiger charge is 2.15. The third-order valence-electron chi connectivity index (χ3n) is 2.92. The molecule has 0 bridgehead atoms. The largest absolute Gasteiger partial charge is 0.497 e. The van der Waals surface area contributed by atoms with E-state index < -0.39 is 0 Å². The summed E-state index contributed by atoms with van der Waals surface area (Å²) in [5.41, 5.74) is 0.593. The van der Waals surface area contributed by atoms with E-state index in [0.29, 0.717) is 17.1 Å². The first-order valence-electron chi connectivity index (χ1n) is 6.39. The Morgan fingerprint density at radius 1 is 1.45 bits per heavy atom. The second kappa shape index (κ2) is 6.65. The Kier molecular flexibility index (Phi) is 4.89. The summed E-state index contributed by atoms with van der Waals surface area (Å²) in [4.78, 5) is 16.5. The van der Waals surface area contributed by atoms with Gasteiger partial charge in [-0.2, -0.15) is 5.10 Å². The second-order valence-electron chi connectivity index (χ2n) is 4.35. The van der Waals surface area contributed by atoms with E-state index in [0.717, 1.165) is 17.4 Å². The van der Waals surface area contributed by atoms with Crippen LogP contribution in [0.5, 0.6) is 5.75 Å². The monoisotopic (exact) mass is 337 g/mol. The van der Waals surface area contributed by atoms with Crippen LogP contribution in [0.1, 0.15) is 29.5 Å². The molecule has 0 aliphatic carbocycles. The summed E-state index contributed by atoms with van der Waals surface area (Å²) < 4.78 is 7.68. The number of hydrogen-bond acceptors (Lipinski definition) is 4. The highest BCUT2D eigenvalue weighted by atomic mass is 79.9. The average Bonchev–Trinajstić information content (AvgIpc) is 2.87. The number of rotatable bonds is 6. The Hall–Kier alpha value is -1.69. The number of ether oxygens (including phenoxy) is 1. The number of benzene rings is 1. The molecule has 0 radical (unpaired) electrons. The number of ketones is 1. The van der Waals surface area contributed by atoms with Gasteiger partial charge < -0.3 is 4.74 Å². The van der Waals surface area contributed by atoms with E-state index in [9.17, 15) is 4.79 Å². The number of methoxy groups -OCH3 is 1. The Morgan fingerprint density at radius 3 is 2.95 bits per heavy atom. The lowest BCUT2D eigenvalue weighted by atomic mass is 10.1. The summed E-state index contributed by atoms with van der Waals surface area (Å²) in [5.74, 6) is 1.33. The lowest BCUT2D eigenvalue weighted by molar-refractivity contribution is 0.0988. The second-order valence-corrected chi connectivity index (χ2v) is 5.20. The van der Waals surface area contributed by atoms with E-state index in [1.54, 1.807) is 23.9 Å². The van der Waals surface area contributed by atoms with Crippen molar-refractivity contribution in [3.05, 3.63) is 40.4 Å². The van der Waals surface area contributed by atoms with Crippen LogP contribution in [0.25, 0.3) is 0 Å². The van der Waals surface area contributed by atoms with Crippen LogP contribution >= 0.6 is 15.9 Å². The maximum atomic E-state index is 12.4. The van der Waals surface area contributed by atoms with Gasteiger partial charge in [-0.1, -0.05) is 22.9 Å². The molecule has 6 heteroatoms. The molecule has 0 saturated carbocycles. The number of halogens is 1. The topological polar surface area (TPSA) is 57.0 Å². The van der Waals surface area contributed by atoms with Gasteiger partial charge in [0.2, 0.25) is 0 Å². The fraction of sp³-hybridized carbons (Fsp3) is 0.357. The Balaban J connectivity index is 2.21. The molecule has 0 saturated heterocycles. The summed E-state index contributed by atoms with van der Waals surface area (Å²) >= 11 is 3.39. The highest BCUT2D eigenvalue weighted by molar-refractivity contribution is 9.10. The molecule has 0 amide bonds. The van der Waals surface area contributed by atoms with Gasteiger partial charge in [0, 0.05) is 16.6 Å². The molecule has 0 N–H and O–H groups in total. The minimum absolute atomic E-state index is 0.0128. The van der Waals surface area contributed by atoms with E-state index in [2.05, 4.69) is 32.9 Å². The number of aromatic nitrogens is 3. The van der Waals surface area contributed by atoms with Crippen molar-refractivity contribution in [2.75, 3.05) is 7.11 Å². The Bertz CT molecular complexity index is 610. The summed E-state index contributed by atoms with van der Waals surface area (Å²) in [7, 11) is 1.58. The van der Waals surface area contributed by atoms with Crippen molar-refractivity contribution < 1.29 is 9.53 Å². The number of aryl methyl sites for hydroxylation is 1. The molecule has 20 heavy (non-hydrogen) atoms. The first-order chi connectivity index (χ1) is 9.65. The van der Waals surface area contributed by atoms with Crippen LogP contribution in [0.4, 0.5) is 0 Å². The van der Waals surface area contributed by atoms with Crippen molar-refractivity contribution in [1.82, 2.24) is 14.8 Å². The van der Waals surface area contributed by atoms with Crippen LogP contribution in [-0.2, 0) is 13.0 Å². The van der Waals surface area contributed by atoms with Gasteiger partial charge in [-0.15, -0.1) is 0 Å². The molecule has 0 unspecified atom stereocenters. The van der Waals surface area contributed by atoms with Crippen LogP contribution in [0, 0.1) is 0 Å². The molecule has 0 atom stereocenters. The Morgan fingerprint density at radius 2 is 2.25 bits per heavy atom. The van der Waals surface area contributed by atoms with Crippen molar-refractivity contribution in [2.45, 2.75) is 26.3 Å². The zero-order chi connectivity index (χ0) is 14.5. The maximum Gasteiger partial charge on any atom is 0.171 e. The molecule has 2 aromatic rings. The first kappa shape index (κ1) is 14.7. The van der Waals surface area contributed by atoms with Gasteiger partial charge in [0.15, 0.2) is 5.78 Å². The SMILES string of the molecule is CCCn1ncnc1CC(=O)c1cc(OC)ccc1Br. The molecule has 0 aliphatic heterocycles. The third-order valence-corrected chi connectivity index (χ3v) is 3.62. The minimum Gasteiger partial charge on any atom is -0.497 e. The van der Waals surface area contributed by atoms with Crippen molar-refractivity contribution in [2.24, 2.45) is 0 Å². The molecule has 0 aliphatic rings. The standard InChI is InChI=1S/C14H16BrN3O2/c1-3-6-18-14(16-9-17-18)8-13(19)11-7-10(20-2)4-5-12(11)15/h4-5,7,9H,3,6,8H2,1-2H3.